The standard InChI is InChI=1S/C5H14Si2/c1-2-3-5(7)4-6/h2,5H,1,3-4H2,6-7H3. The van der Waals surface area contributed by atoms with Crippen molar-refractivity contribution in [3.63, 3.8) is 0 Å². The highest BCUT2D eigenvalue weighted by Gasteiger charge is 1.90. The average molecular weight is 130 g/mol. The second kappa shape index (κ2) is 4.34. The smallest absolute Gasteiger partial charge is 0.00672 e. The van der Waals surface area contributed by atoms with E-state index in [1.165, 1.54) is 32.9 Å². The fourth-order valence-corrected chi connectivity index (χ4v) is 1.12. The molecular weight excluding hydrogens is 116 g/mol. The minimum Gasteiger partial charge on any atom is -0.103 e. The van der Waals surface area contributed by atoms with Crippen LogP contribution in [0.3, 0.4) is 0 Å². The third-order valence-electron chi connectivity index (χ3n) is 1.27. The van der Waals surface area contributed by atoms with E-state index in [0.29, 0.717) is 0 Å². The van der Waals surface area contributed by atoms with Crippen molar-refractivity contribution < 1.29 is 0 Å². The van der Waals surface area contributed by atoms with Crippen molar-refractivity contribution >= 4 is 20.5 Å². The maximum Gasteiger partial charge on any atom is 0.00672 e. The molecular formula is C5H14Si2. The first-order valence-corrected chi connectivity index (χ1v) is 5.49. The molecule has 0 N–H and O–H groups in total. The third kappa shape index (κ3) is 4.02. The first-order valence-electron chi connectivity index (χ1n) is 2.92. The Morgan fingerprint density at radius 3 is 2.43 bits per heavy atom. The van der Waals surface area contributed by atoms with Gasteiger partial charge in [-0.15, -0.1) is 6.58 Å². The van der Waals surface area contributed by atoms with Gasteiger partial charge in [0.25, 0.3) is 0 Å². The molecule has 0 heterocycles. The fourth-order valence-electron chi connectivity index (χ4n) is 0.451. The Balaban J connectivity index is 2.98. The van der Waals surface area contributed by atoms with Crippen molar-refractivity contribution in [2.75, 3.05) is 0 Å². The number of rotatable bonds is 3. The number of allylic oxidation sites excluding steroid dienone is 1. The number of hydrogen-bond acceptors (Lipinski definition) is 0. The highest BCUT2D eigenvalue weighted by atomic mass is 28.2. The Morgan fingerprint density at radius 1 is 1.71 bits per heavy atom. The molecule has 7 heavy (non-hydrogen) atoms. The molecule has 0 nitrogen and oxygen atoms in total. The van der Waals surface area contributed by atoms with E-state index < -0.39 is 0 Å². The molecule has 0 bridgehead atoms. The van der Waals surface area contributed by atoms with Crippen molar-refractivity contribution in [3.8, 4) is 0 Å². The molecule has 1 atom stereocenters. The summed E-state index contributed by atoms with van der Waals surface area (Å²) in [5.74, 6) is 0. The van der Waals surface area contributed by atoms with E-state index in [4.69, 9.17) is 0 Å². The summed E-state index contributed by atoms with van der Waals surface area (Å²) in [7, 11) is 2.74. The maximum atomic E-state index is 3.69. The largest absolute Gasteiger partial charge is 0.103 e. The van der Waals surface area contributed by atoms with Crippen LogP contribution in [0.5, 0.6) is 0 Å². The van der Waals surface area contributed by atoms with Gasteiger partial charge in [-0.05, 0) is 6.42 Å². The van der Waals surface area contributed by atoms with E-state index in [1.807, 2.05) is 6.08 Å². The summed E-state index contributed by atoms with van der Waals surface area (Å²) < 4.78 is 0. The van der Waals surface area contributed by atoms with Crippen LogP contribution in [-0.2, 0) is 0 Å². The second-order valence-corrected chi connectivity index (χ2v) is 4.49. The molecule has 0 rings (SSSR count). The van der Waals surface area contributed by atoms with Gasteiger partial charge in [0.15, 0.2) is 0 Å². The Kier molecular flexibility index (Phi) is 4.44. The normalized spacial score (nSPS) is 14.3. The van der Waals surface area contributed by atoms with Crippen molar-refractivity contribution in [1.82, 2.24) is 0 Å². The SMILES string of the molecule is C=CCC([SiH3])C[SiH3]. The molecule has 2 heteroatoms. The van der Waals surface area contributed by atoms with Gasteiger partial charge in [0.05, 0.1) is 0 Å². The second-order valence-electron chi connectivity index (χ2n) is 2.04. The van der Waals surface area contributed by atoms with Crippen molar-refractivity contribution in [3.05, 3.63) is 12.7 Å². The lowest BCUT2D eigenvalue weighted by atomic mass is 10.3. The van der Waals surface area contributed by atoms with Crippen LogP contribution in [0.2, 0.25) is 11.6 Å². The molecule has 0 aliphatic rings. The summed E-state index contributed by atoms with van der Waals surface area (Å²) in [5.41, 5.74) is 1.03. The van der Waals surface area contributed by atoms with Crippen LogP contribution >= 0.6 is 0 Å². The van der Waals surface area contributed by atoms with Crippen LogP contribution < -0.4 is 0 Å². The van der Waals surface area contributed by atoms with Gasteiger partial charge in [-0.3, -0.25) is 0 Å². The molecule has 1 unspecified atom stereocenters. The molecule has 0 spiro atoms. The predicted molar refractivity (Wildman–Crippen MR) is 43.2 cm³/mol. The molecule has 0 radical (unpaired) electrons. The molecule has 0 saturated heterocycles. The summed E-state index contributed by atoms with van der Waals surface area (Å²) in [6, 6.07) is 1.47. The summed E-state index contributed by atoms with van der Waals surface area (Å²) in [4.78, 5) is 0. The molecule has 0 aliphatic heterocycles. The third-order valence-corrected chi connectivity index (χ3v) is 5.58. The Labute approximate surface area is 51.9 Å². The summed E-state index contributed by atoms with van der Waals surface area (Å²) >= 11 is 0. The Bertz CT molecular complexity index is 52.0. The average Bonchev–Trinajstić information content (AvgIpc) is 1.68. The summed E-state index contributed by atoms with van der Waals surface area (Å²) in [5, 5.41) is 0. The van der Waals surface area contributed by atoms with Gasteiger partial charge >= 0.3 is 0 Å². The van der Waals surface area contributed by atoms with Crippen LogP contribution in [0.15, 0.2) is 12.7 Å². The monoisotopic (exact) mass is 130 g/mol. The molecule has 0 aromatic carbocycles. The zero-order valence-electron chi connectivity index (χ0n) is 5.28. The molecule has 0 aromatic rings. The van der Waals surface area contributed by atoms with E-state index in [0.717, 1.165) is 5.54 Å². The molecule has 0 aliphatic carbocycles. The first-order chi connectivity index (χ1) is 3.31. The minimum absolute atomic E-state index is 1.03. The van der Waals surface area contributed by atoms with Gasteiger partial charge in [0.1, 0.15) is 0 Å². The Morgan fingerprint density at radius 2 is 2.29 bits per heavy atom. The topological polar surface area (TPSA) is 0 Å². The lowest BCUT2D eigenvalue weighted by Crippen LogP contribution is -1.86. The van der Waals surface area contributed by atoms with Crippen LogP contribution in [0.25, 0.3) is 0 Å². The first kappa shape index (κ1) is 7.17. The van der Waals surface area contributed by atoms with Gasteiger partial charge in [-0.2, -0.15) is 0 Å². The zero-order valence-corrected chi connectivity index (χ0v) is 9.28. The van der Waals surface area contributed by atoms with Gasteiger partial charge in [0.2, 0.25) is 0 Å². The van der Waals surface area contributed by atoms with Gasteiger partial charge in [-0.1, -0.05) is 17.7 Å². The van der Waals surface area contributed by atoms with E-state index in [-0.39, 0.29) is 0 Å². The molecule has 0 fully saturated rings. The zero-order chi connectivity index (χ0) is 5.70. The maximum absolute atomic E-state index is 3.69. The van der Waals surface area contributed by atoms with E-state index in [1.54, 1.807) is 0 Å². The van der Waals surface area contributed by atoms with Crippen molar-refractivity contribution in [1.29, 1.82) is 0 Å². The fraction of sp³-hybridized carbons (Fsp3) is 0.600. The predicted octanol–water partition coefficient (Wildman–Crippen LogP) is -0.500. The van der Waals surface area contributed by atoms with Crippen LogP contribution in [0.4, 0.5) is 0 Å². The minimum atomic E-state index is 1.03. The lowest BCUT2D eigenvalue weighted by molar-refractivity contribution is 0.950. The quantitative estimate of drug-likeness (QED) is 0.357. The van der Waals surface area contributed by atoms with Crippen LogP contribution in [0, 0.1) is 0 Å². The molecule has 42 valence electrons. The molecule has 0 aromatic heterocycles. The number of hydrogen-bond donors (Lipinski definition) is 0. The van der Waals surface area contributed by atoms with Crippen molar-refractivity contribution in [2.45, 2.75) is 18.0 Å². The van der Waals surface area contributed by atoms with Crippen molar-refractivity contribution in [2.24, 2.45) is 0 Å². The van der Waals surface area contributed by atoms with Crippen LogP contribution in [-0.4, -0.2) is 20.5 Å². The Hall–Kier alpha value is 0.174. The molecule has 0 saturated carbocycles. The summed E-state index contributed by atoms with van der Waals surface area (Å²) in [6.45, 7) is 3.69. The van der Waals surface area contributed by atoms with E-state index in [9.17, 15) is 0 Å². The summed E-state index contributed by atoms with van der Waals surface area (Å²) in [6.07, 6.45) is 3.30. The van der Waals surface area contributed by atoms with Gasteiger partial charge < -0.3 is 0 Å². The van der Waals surface area contributed by atoms with Gasteiger partial charge in [0, 0.05) is 20.5 Å². The van der Waals surface area contributed by atoms with Crippen LogP contribution in [0.1, 0.15) is 6.42 Å². The molecule has 0 amide bonds. The highest BCUT2D eigenvalue weighted by Crippen LogP contribution is 2.07. The van der Waals surface area contributed by atoms with Gasteiger partial charge in [-0.25, -0.2) is 0 Å². The van der Waals surface area contributed by atoms with E-state index in [2.05, 4.69) is 6.58 Å². The highest BCUT2D eigenvalue weighted by molar-refractivity contribution is 6.19. The lowest BCUT2D eigenvalue weighted by Gasteiger charge is -1.99. The van der Waals surface area contributed by atoms with E-state index >= 15 is 0 Å².